The van der Waals surface area contributed by atoms with Crippen LogP contribution in [0.3, 0.4) is 0 Å². The number of para-hydroxylation sites is 1. The van der Waals surface area contributed by atoms with Crippen molar-refractivity contribution in [1.29, 1.82) is 0 Å². The van der Waals surface area contributed by atoms with E-state index in [9.17, 15) is 9.59 Å². The maximum absolute atomic E-state index is 12.3. The van der Waals surface area contributed by atoms with Crippen LogP contribution in [0, 0.1) is 0 Å². The molecule has 2 amide bonds. The highest BCUT2D eigenvalue weighted by Crippen LogP contribution is 2.26. The minimum atomic E-state index is -0.621. The quantitative estimate of drug-likeness (QED) is 0.638. The molecule has 1 unspecified atom stereocenters. The first-order valence-corrected chi connectivity index (χ1v) is 9.88. The van der Waals surface area contributed by atoms with Crippen molar-refractivity contribution in [3.63, 3.8) is 0 Å². The maximum Gasteiger partial charge on any atom is 0.260 e. The summed E-state index contributed by atoms with van der Waals surface area (Å²) in [6, 6.07) is 15.1. The Morgan fingerprint density at radius 2 is 1.55 bits per heavy atom. The number of nitrogens with zero attached hydrogens (tertiary/aromatic N) is 1. The fourth-order valence-electron chi connectivity index (χ4n) is 2.83. The Balaban J connectivity index is 1.77. The lowest BCUT2D eigenvalue weighted by molar-refractivity contribution is -0.127. The van der Waals surface area contributed by atoms with Gasteiger partial charge in [-0.15, -0.1) is 0 Å². The second-order valence-electron chi connectivity index (χ2n) is 7.44. The van der Waals surface area contributed by atoms with Crippen LogP contribution in [0.15, 0.2) is 48.5 Å². The van der Waals surface area contributed by atoms with Crippen molar-refractivity contribution in [2.24, 2.45) is 0 Å². The second-order valence-corrected chi connectivity index (χ2v) is 7.44. The molecule has 2 aromatic rings. The van der Waals surface area contributed by atoms with Crippen molar-refractivity contribution in [1.82, 2.24) is 10.6 Å². The van der Waals surface area contributed by atoms with Crippen LogP contribution in [0.4, 0.5) is 5.69 Å². The van der Waals surface area contributed by atoms with Crippen LogP contribution in [-0.2, 0) is 4.79 Å². The van der Waals surface area contributed by atoms with Gasteiger partial charge >= 0.3 is 0 Å². The average Bonchev–Trinajstić information content (AvgIpc) is 2.71. The van der Waals surface area contributed by atoms with Gasteiger partial charge < -0.3 is 20.3 Å². The molecule has 29 heavy (non-hydrogen) atoms. The van der Waals surface area contributed by atoms with Gasteiger partial charge in [0.2, 0.25) is 0 Å². The first-order chi connectivity index (χ1) is 13.8. The summed E-state index contributed by atoms with van der Waals surface area (Å²) in [6.07, 6.45) is -0.621. The van der Waals surface area contributed by atoms with E-state index >= 15 is 0 Å². The molecular weight excluding hydrogens is 366 g/mol. The normalized spacial score (nSPS) is 11.7. The van der Waals surface area contributed by atoms with Crippen LogP contribution in [0.2, 0.25) is 0 Å². The number of carbonyl (C=O) groups is 2. The molecule has 1 atom stereocenters. The van der Waals surface area contributed by atoms with Crippen LogP contribution in [-0.4, -0.2) is 45.1 Å². The Labute approximate surface area is 173 Å². The Bertz CT molecular complexity index is 816. The van der Waals surface area contributed by atoms with Crippen LogP contribution in [0.5, 0.6) is 5.75 Å². The summed E-state index contributed by atoms with van der Waals surface area (Å²) in [4.78, 5) is 26.4. The number of hydrogen-bond donors (Lipinski definition) is 2. The second kappa shape index (κ2) is 10.5. The lowest BCUT2D eigenvalue weighted by atomic mass is 10.0. The zero-order valence-corrected chi connectivity index (χ0v) is 17.9. The van der Waals surface area contributed by atoms with Crippen LogP contribution < -0.4 is 20.3 Å². The highest BCUT2D eigenvalue weighted by Gasteiger charge is 2.17. The Morgan fingerprint density at radius 1 is 0.931 bits per heavy atom. The third kappa shape index (κ3) is 6.52. The zero-order valence-electron chi connectivity index (χ0n) is 17.9. The molecule has 0 fully saturated rings. The number of rotatable bonds is 9. The van der Waals surface area contributed by atoms with Gasteiger partial charge in [-0.1, -0.05) is 32.0 Å². The largest absolute Gasteiger partial charge is 0.481 e. The number of anilines is 1. The molecule has 0 aliphatic heterocycles. The van der Waals surface area contributed by atoms with Gasteiger partial charge in [0.25, 0.3) is 11.8 Å². The summed E-state index contributed by atoms with van der Waals surface area (Å²) in [7, 11) is 3.90. The predicted molar refractivity (Wildman–Crippen MR) is 117 cm³/mol. The van der Waals surface area contributed by atoms with E-state index in [4.69, 9.17) is 4.74 Å². The fraction of sp³-hybridized carbons (Fsp3) is 0.391. The Morgan fingerprint density at radius 3 is 2.17 bits per heavy atom. The van der Waals surface area contributed by atoms with Gasteiger partial charge in [0.1, 0.15) is 5.75 Å². The highest BCUT2D eigenvalue weighted by molar-refractivity contribution is 5.94. The summed E-state index contributed by atoms with van der Waals surface area (Å²) in [6.45, 7) is 6.57. The van der Waals surface area contributed by atoms with Crippen LogP contribution in [0.1, 0.15) is 42.6 Å². The molecular formula is C23H31N3O3. The zero-order chi connectivity index (χ0) is 21.4. The number of ether oxygens (including phenoxy) is 1. The van der Waals surface area contributed by atoms with E-state index in [-0.39, 0.29) is 11.8 Å². The van der Waals surface area contributed by atoms with E-state index in [1.807, 2.05) is 55.4 Å². The minimum absolute atomic E-state index is 0.167. The van der Waals surface area contributed by atoms with Gasteiger partial charge in [-0.05, 0) is 48.7 Å². The molecule has 0 saturated heterocycles. The van der Waals surface area contributed by atoms with E-state index in [0.717, 1.165) is 17.0 Å². The molecule has 6 heteroatoms. The first-order valence-electron chi connectivity index (χ1n) is 9.88. The van der Waals surface area contributed by atoms with Gasteiger partial charge in [-0.25, -0.2) is 0 Å². The van der Waals surface area contributed by atoms with Crippen molar-refractivity contribution >= 4 is 17.5 Å². The van der Waals surface area contributed by atoms with Crippen molar-refractivity contribution in [3.8, 4) is 5.75 Å². The Hall–Kier alpha value is -3.02. The van der Waals surface area contributed by atoms with E-state index in [1.165, 1.54) is 0 Å². The lowest BCUT2D eigenvalue weighted by Crippen LogP contribution is -2.40. The maximum atomic E-state index is 12.3. The molecule has 2 aromatic carbocycles. The number of benzene rings is 2. The first kappa shape index (κ1) is 22.3. The molecule has 0 aliphatic carbocycles. The number of amides is 2. The average molecular weight is 398 g/mol. The number of nitrogens with one attached hydrogen (secondary N) is 2. The molecule has 0 spiro atoms. The van der Waals surface area contributed by atoms with Gasteiger partial charge in [0, 0.05) is 38.4 Å². The molecule has 0 radical (unpaired) electrons. The SMILES string of the molecule is CC(Oc1ccccc1C(C)C)C(=O)NCCNC(=O)c1ccc(N(C)C)cc1. The fourth-order valence-corrected chi connectivity index (χ4v) is 2.83. The summed E-state index contributed by atoms with van der Waals surface area (Å²) < 4.78 is 5.84. The van der Waals surface area contributed by atoms with E-state index in [1.54, 1.807) is 19.1 Å². The Kier molecular flexibility index (Phi) is 8.07. The standard InChI is InChI=1S/C23H31N3O3/c1-16(2)20-8-6-7-9-21(20)29-17(3)22(27)24-14-15-25-23(28)18-10-12-19(13-11-18)26(4)5/h6-13,16-17H,14-15H2,1-5H3,(H,24,27)(H,25,28). The molecule has 0 heterocycles. The van der Waals surface area contributed by atoms with Crippen molar-refractivity contribution in [3.05, 3.63) is 59.7 Å². The molecule has 0 aromatic heterocycles. The van der Waals surface area contributed by atoms with Gasteiger partial charge in [-0.3, -0.25) is 9.59 Å². The molecule has 156 valence electrons. The minimum Gasteiger partial charge on any atom is -0.481 e. The molecule has 6 nitrogen and oxygen atoms in total. The molecule has 2 rings (SSSR count). The monoisotopic (exact) mass is 397 g/mol. The van der Waals surface area contributed by atoms with Gasteiger partial charge in [-0.2, -0.15) is 0 Å². The molecule has 0 saturated carbocycles. The van der Waals surface area contributed by atoms with Gasteiger partial charge in [0.05, 0.1) is 0 Å². The third-order valence-electron chi connectivity index (χ3n) is 4.57. The number of hydrogen-bond acceptors (Lipinski definition) is 4. The summed E-state index contributed by atoms with van der Waals surface area (Å²) in [5, 5.41) is 5.60. The molecule has 0 aliphatic rings. The molecule has 2 N–H and O–H groups in total. The summed E-state index contributed by atoms with van der Waals surface area (Å²) >= 11 is 0. The van der Waals surface area contributed by atoms with Crippen LogP contribution in [0.25, 0.3) is 0 Å². The smallest absolute Gasteiger partial charge is 0.260 e. The third-order valence-corrected chi connectivity index (χ3v) is 4.57. The summed E-state index contributed by atoms with van der Waals surface area (Å²) in [5.41, 5.74) is 2.69. The van der Waals surface area contributed by atoms with Crippen molar-refractivity contribution in [2.45, 2.75) is 32.8 Å². The van der Waals surface area contributed by atoms with E-state index < -0.39 is 6.10 Å². The van der Waals surface area contributed by atoms with E-state index in [0.29, 0.717) is 24.6 Å². The van der Waals surface area contributed by atoms with Gasteiger partial charge in [0.15, 0.2) is 6.10 Å². The van der Waals surface area contributed by atoms with Crippen molar-refractivity contribution < 1.29 is 14.3 Å². The highest BCUT2D eigenvalue weighted by atomic mass is 16.5. The van der Waals surface area contributed by atoms with E-state index in [2.05, 4.69) is 24.5 Å². The topological polar surface area (TPSA) is 70.7 Å². The van der Waals surface area contributed by atoms with Crippen LogP contribution >= 0.6 is 0 Å². The predicted octanol–water partition coefficient (Wildman–Crippen LogP) is 3.19. The lowest BCUT2D eigenvalue weighted by Gasteiger charge is -2.18. The van der Waals surface area contributed by atoms with Crippen molar-refractivity contribution in [2.75, 3.05) is 32.1 Å². The summed E-state index contributed by atoms with van der Waals surface area (Å²) in [5.74, 6) is 0.649. The number of carbonyl (C=O) groups excluding carboxylic acids is 2. The molecule has 0 bridgehead atoms.